The fraction of sp³-hybridized carbons (Fsp3) is 0.500. The van der Waals surface area contributed by atoms with Crippen molar-refractivity contribution in [3.05, 3.63) is 39.9 Å². The van der Waals surface area contributed by atoms with Gasteiger partial charge in [-0.1, -0.05) is 11.6 Å². The number of alkyl halides is 1. The summed E-state index contributed by atoms with van der Waals surface area (Å²) in [5.74, 6) is -0.366. The van der Waals surface area contributed by atoms with Crippen molar-refractivity contribution < 1.29 is 14.7 Å². The van der Waals surface area contributed by atoms with Crippen LogP contribution in [0.3, 0.4) is 0 Å². The number of nitrogens with zero attached hydrogens (tertiary/aromatic N) is 3. The van der Waals surface area contributed by atoms with Crippen LogP contribution in [0.25, 0.3) is 10.9 Å². The first-order valence-corrected chi connectivity index (χ1v) is 10.7. The quantitative estimate of drug-likeness (QED) is 0.487. The van der Waals surface area contributed by atoms with Crippen LogP contribution in [0.4, 0.5) is 0 Å². The molecular formula is C20H24Cl2N4O4. The number of fused-ring (bicyclic) bond motifs is 1. The molecule has 1 fully saturated rings. The van der Waals surface area contributed by atoms with Gasteiger partial charge >= 0.3 is 0 Å². The van der Waals surface area contributed by atoms with Crippen molar-refractivity contribution in [1.29, 1.82) is 0 Å². The first-order chi connectivity index (χ1) is 14.3. The van der Waals surface area contributed by atoms with Gasteiger partial charge in [-0.2, -0.15) is 0 Å². The molecule has 2 N–H and O–H groups in total. The molecule has 0 atom stereocenters. The van der Waals surface area contributed by atoms with Crippen molar-refractivity contribution in [2.24, 2.45) is 0 Å². The van der Waals surface area contributed by atoms with Crippen LogP contribution in [0.15, 0.2) is 29.3 Å². The molecule has 1 saturated heterocycles. The predicted octanol–water partition coefficient (Wildman–Crippen LogP) is 1.54. The minimum Gasteiger partial charge on any atom is -0.388 e. The fourth-order valence-electron chi connectivity index (χ4n) is 3.56. The molecular weight excluding hydrogens is 431 g/mol. The average molecular weight is 455 g/mol. The Morgan fingerprint density at radius 1 is 1.27 bits per heavy atom. The van der Waals surface area contributed by atoms with Crippen LogP contribution in [0.5, 0.6) is 0 Å². The third kappa shape index (κ3) is 5.50. The van der Waals surface area contributed by atoms with Gasteiger partial charge < -0.3 is 15.3 Å². The molecule has 1 aliphatic heterocycles. The van der Waals surface area contributed by atoms with Crippen molar-refractivity contribution in [2.75, 3.05) is 25.5 Å². The van der Waals surface area contributed by atoms with E-state index in [1.54, 1.807) is 23.1 Å². The lowest BCUT2D eigenvalue weighted by Gasteiger charge is -2.38. The van der Waals surface area contributed by atoms with E-state index in [4.69, 9.17) is 23.2 Å². The van der Waals surface area contributed by atoms with Crippen molar-refractivity contribution in [2.45, 2.75) is 37.8 Å². The average Bonchev–Trinajstić information content (AvgIpc) is 2.73. The molecule has 2 heterocycles. The molecule has 0 aliphatic carbocycles. The molecule has 10 heteroatoms. The van der Waals surface area contributed by atoms with Crippen LogP contribution in [0, 0.1) is 0 Å². The summed E-state index contributed by atoms with van der Waals surface area (Å²) in [6, 6.07) is 4.89. The summed E-state index contributed by atoms with van der Waals surface area (Å²) in [5, 5.41) is 14.5. The largest absolute Gasteiger partial charge is 0.388 e. The SMILES string of the molecule is O=C(CCl)NCCCC(=O)N1CCC(O)(Cn2cnc3cc(Cl)ccc3c2=O)CC1. The number of hydrogen-bond donors (Lipinski definition) is 2. The lowest BCUT2D eigenvalue weighted by molar-refractivity contribution is -0.136. The Hall–Kier alpha value is -2.16. The summed E-state index contributed by atoms with van der Waals surface area (Å²) >= 11 is 11.3. The molecule has 1 aliphatic rings. The van der Waals surface area contributed by atoms with Crippen molar-refractivity contribution in [3.8, 4) is 0 Å². The maximum Gasteiger partial charge on any atom is 0.261 e. The van der Waals surface area contributed by atoms with E-state index in [-0.39, 0.29) is 29.8 Å². The highest BCUT2D eigenvalue weighted by Crippen LogP contribution is 2.24. The summed E-state index contributed by atoms with van der Waals surface area (Å²) in [6.45, 7) is 1.34. The molecule has 0 radical (unpaired) electrons. The molecule has 0 spiro atoms. The number of nitrogens with one attached hydrogen (secondary N) is 1. The van der Waals surface area contributed by atoms with Crippen LogP contribution in [-0.2, 0) is 16.1 Å². The highest BCUT2D eigenvalue weighted by atomic mass is 35.5. The van der Waals surface area contributed by atoms with E-state index in [0.717, 1.165) is 0 Å². The monoisotopic (exact) mass is 454 g/mol. The molecule has 3 rings (SSSR count). The predicted molar refractivity (Wildman–Crippen MR) is 115 cm³/mol. The fourth-order valence-corrected chi connectivity index (χ4v) is 3.83. The number of rotatable bonds is 7. The molecule has 2 aromatic rings. The van der Waals surface area contributed by atoms with Crippen LogP contribution >= 0.6 is 23.2 Å². The summed E-state index contributed by atoms with van der Waals surface area (Å²) in [7, 11) is 0. The van der Waals surface area contributed by atoms with Gasteiger partial charge in [-0.05, 0) is 37.5 Å². The number of likely N-dealkylation sites (tertiary alicyclic amines) is 1. The Kier molecular flexibility index (Phi) is 7.33. The van der Waals surface area contributed by atoms with E-state index in [1.165, 1.54) is 10.9 Å². The van der Waals surface area contributed by atoms with E-state index in [2.05, 4.69) is 10.3 Å². The first kappa shape index (κ1) is 22.5. The van der Waals surface area contributed by atoms with E-state index in [9.17, 15) is 19.5 Å². The zero-order valence-electron chi connectivity index (χ0n) is 16.4. The number of piperidine rings is 1. The molecule has 2 amide bonds. The van der Waals surface area contributed by atoms with E-state index < -0.39 is 5.60 Å². The zero-order valence-corrected chi connectivity index (χ0v) is 18.0. The van der Waals surface area contributed by atoms with Gasteiger partial charge in [0, 0.05) is 31.1 Å². The molecule has 0 saturated carbocycles. The van der Waals surface area contributed by atoms with Crippen molar-refractivity contribution in [1.82, 2.24) is 19.8 Å². The maximum absolute atomic E-state index is 12.7. The Balaban J connectivity index is 1.55. The normalized spacial score (nSPS) is 15.9. The minimum atomic E-state index is -1.09. The molecule has 0 unspecified atom stereocenters. The van der Waals surface area contributed by atoms with Gasteiger partial charge in [-0.25, -0.2) is 4.98 Å². The van der Waals surface area contributed by atoms with Gasteiger partial charge in [-0.3, -0.25) is 19.0 Å². The Bertz CT molecular complexity index is 986. The summed E-state index contributed by atoms with van der Waals surface area (Å²) < 4.78 is 1.41. The summed E-state index contributed by atoms with van der Waals surface area (Å²) in [5.41, 5.74) is -0.808. The topological polar surface area (TPSA) is 105 Å². The van der Waals surface area contributed by atoms with E-state index >= 15 is 0 Å². The van der Waals surface area contributed by atoms with Gasteiger partial charge in [0.1, 0.15) is 5.88 Å². The Morgan fingerprint density at radius 2 is 2.00 bits per heavy atom. The molecule has 8 nitrogen and oxygen atoms in total. The molecule has 1 aromatic heterocycles. The Labute approximate surface area is 183 Å². The lowest BCUT2D eigenvalue weighted by atomic mass is 9.91. The number of benzene rings is 1. The molecule has 162 valence electrons. The van der Waals surface area contributed by atoms with Crippen LogP contribution in [0.2, 0.25) is 5.02 Å². The van der Waals surface area contributed by atoms with Gasteiger partial charge in [0.2, 0.25) is 11.8 Å². The van der Waals surface area contributed by atoms with E-state index in [1.807, 2.05) is 0 Å². The molecule has 30 heavy (non-hydrogen) atoms. The lowest BCUT2D eigenvalue weighted by Crippen LogP contribution is -2.49. The second kappa shape index (κ2) is 9.76. The standard InChI is InChI=1S/C20H24Cl2N4O4/c21-11-17(27)23-7-1-2-18(28)25-8-5-20(30,6-9-25)12-26-13-24-16-10-14(22)3-4-15(16)19(26)29/h3-4,10,13,30H,1-2,5-9,11-12H2,(H,23,27). The minimum absolute atomic E-state index is 0.0152. The van der Waals surface area contributed by atoms with Gasteiger partial charge in [0.15, 0.2) is 0 Å². The van der Waals surface area contributed by atoms with Crippen LogP contribution in [0.1, 0.15) is 25.7 Å². The number of aromatic nitrogens is 2. The number of aliphatic hydroxyl groups is 1. The van der Waals surface area contributed by atoms with Gasteiger partial charge in [-0.15, -0.1) is 11.6 Å². The van der Waals surface area contributed by atoms with Gasteiger partial charge in [0.25, 0.3) is 5.56 Å². The Morgan fingerprint density at radius 3 is 2.70 bits per heavy atom. The van der Waals surface area contributed by atoms with Crippen molar-refractivity contribution in [3.63, 3.8) is 0 Å². The van der Waals surface area contributed by atoms with Gasteiger partial charge in [0.05, 0.1) is 29.4 Å². The van der Waals surface area contributed by atoms with Crippen LogP contribution < -0.4 is 10.9 Å². The number of halogens is 2. The van der Waals surface area contributed by atoms with Crippen molar-refractivity contribution >= 4 is 45.9 Å². The second-order valence-electron chi connectivity index (χ2n) is 7.53. The number of hydrogen-bond acceptors (Lipinski definition) is 5. The molecule has 0 bridgehead atoms. The second-order valence-corrected chi connectivity index (χ2v) is 8.24. The first-order valence-electron chi connectivity index (χ1n) is 9.79. The van der Waals surface area contributed by atoms with E-state index in [0.29, 0.717) is 61.2 Å². The molecule has 1 aromatic carbocycles. The zero-order chi connectivity index (χ0) is 21.7. The third-order valence-corrected chi connectivity index (χ3v) is 5.79. The highest BCUT2D eigenvalue weighted by Gasteiger charge is 2.34. The highest BCUT2D eigenvalue weighted by molar-refractivity contribution is 6.31. The van der Waals surface area contributed by atoms with Crippen LogP contribution in [-0.4, -0.2) is 62.5 Å². The number of amides is 2. The number of carbonyl (C=O) groups is 2. The summed E-state index contributed by atoms with van der Waals surface area (Å²) in [6.07, 6.45) is 3.01. The smallest absolute Gasteiger partial charge is 0.261 e. The summed E-state index contributed by atoms with van der Waals surface area (Å²) in [4.78, 5) is 42.1. The number of carbonyl (C=O) groups excluding carboxylic acids is 2. The third-order valence-electron chi connectivity index (χ3n) is 5.31. The maximum atomic E-state index is 12.7.